The molecule has 19 heavy (non-hydrogen) atoms. The van der Waals surface area contributed by atoms with E-state index in [0.29, 0.717) is 11.1 Å². The molecule has 0 aliphatic carbocycles. The van der Waals surface area contributed by atoms with Crippen molar-refractivity contribution in [1.29, 1.82) is 10.5 Å². The average molecular weight is 277 g/mol. The Morgan fingerprint density at radius 3 is 2.47 bits per heavy atom. The molecule has 0 amide bonds. The maximum atomic E-state index is 12.3. The quantitative estimate of drug-likeness (QED) is 0.837. The first-order chi connectivity index (χ1) is 8.82. The highest BCUT2D eigenvalue weighted by Crippen LogP contribution is 2.18. The standard InChI is InChI=1S/C13H15N3O2S/c1-10(7-14)9-16(3)19(17,18)13-5-4-12(8-15)11(2)6-13/h4-6,10H,9H2,1-3H3. The molecule has 0 heterocycles. The number of aryl methyl sites for hydroxylation is 1. The van der Waals surface area contributed by atoms with Crippen LogP contribution in [0.15, 0.2) is 23.1 Å². The first-order valence-corrected chi connectivity index (χ1v) is 7.13. The van der Waals surface area contributed by atoms with Gasteiger partial charge in [-0.25, -0.2) is 8.42 Å². The summed E-state index contributed by atoms with van der Waals surface area (Å²) in [5.74, 6) is -0.376. The SMILES string of the molecule is Cc1cc(S(=O)(=O)N(C)CC(C)C#N)ccc1C#N. The van der Waals surface area contributed by atoms with Gasteiger partial charge in [0.1, 0.15) is 0 Å². The summed E-state index contributed by atoms with van der Waals surface area (Å²) < 4.78 is 25.7. The lowest BCUT2D eigenvalue weighted by molar-refractivity contribution is 0.439. The van der Waals surface area contributed by atoms with Crippen LogP contribution in [0.1, 0.15) is 18.1 Å². The molecule has 0 bridgehead atoms. The molecule has 5 nitrogen and oxygen atoms in total. The highest BCUT2D eigenvalue weighted by atomic mass is 32.2. The average Bonchev–Trinajstić information content (AvgIpc) is 2.38. The fourth-order valence-electron chi connectivity index (χ4n) is 1.63. The summed E-state index contributed by atoms with van der Waals surface area (Å²) in [7, 11) is -2.18. The van der Waals surface area contributed by atoms with E-state index >= 15 is 0 Å². The maximum Gasteiger partial charge on any atom is 0.242 e. The molecule has 1 atom stereocenters. The summed E-state index contributed by atoms with van der Waals surface area (Å²) in [4.78, 5) is 0.136. The van der Waals surface area contributed by atoms with Gasteiger partial charge in [-0.15, -0.1) is 0 Å². The van der Waals surface area contributed by atoms with Gasteiger partial charge in [-0.05, 0) is 37.6 Å². The monoisotopic (exact) mass is 277 g/mol. The van der Waals surface area contributed by atoms with Gasteiger partial charge in [0, 0.05) is 13.6 Å². The molecule has 0 spiro atoms. The second-order valence-corrected chi connectivity index (χ2v) is 6.45. The second-order valence-electron chi connectivity index (χ2n) is 4.40. The maximum absolute atomic E-state index is 12.3. The summed E-state index contributed by atoms with van der Waals surface area (Å²) in [6, 6.07) is 8.37. The van der Waals surface area contributed by atoms with E-state index in [1.54, 1.807) is 13.8 Å². The Bertz CT molecular complexity index is 653. The molecule has 1 unspecified atom stereocenters. The van der Waals surface area contributed by atoms with Crippen molar-refractivity contribution in [2.45, 2.75) is 18.7 Å². The molecule has 1 rings (SSSR count). The van der Waals surface area contributed by atoms with Crippen molar-refractivity contribution in [3.63, 3.8) is 0 Å². The van der Waals surface area contributed by atoms with E-state index in [9.17, 15) is 8.42 Å². The van der Waals surface area contributed by atoms with Crippen molar-refractivity contribution < 1.29 is 8.42 Å². The van der Waals surface area contributed by atoms with Crippen molar-refractivity contribution in [3.05, 3.63) is 29.3 Å². The summed E-state index contributed by atoms with van der Waals surface area (Å²) in [6.45, 7) is 3.49. The van der Waals surface area contributed by atoms with Gasteiger partial charge in [-0.3, -0.25) is 0 Å². The number of hydrogen-bond donors (Lipinski definition) is 0. The van der Waals surface area contributed by atoms with E-state index in [-0.39, 0.29) is 17.4 Å². The normalized spacial score (nSPS) is 12.7. The minimum atomic E-state index is -3.62. The van der Waals surface area contributed by atoms with E-state index in [4.69, 9.17) is 10.5 Å². The molecule has 100 valence electrons. The van der Waals surface area contributed by atoms with E-state index in [1.807, 2.05) is 12.1 Å². The third-order valence-corrected chi connectivity index (χ3v) is 4.60. The molecule has 0 aromatic heterocycles. The topological polar surface area (TPSA) is 85.0 Å². The van der Waals surface area contributed by atoms with Crippen LogP contribution in [0.25, 0.3) is 0 Å². The summed E-state index contributed by atoms with van der Waals surface area (Å²) in [5, 5.41) is 17.6. The number of rotatable bonds is 4. The predicted octanol–water partition coefficient (Wildman–Crippen LogP) is 1.65. The van der Waals surface area contributed by atoms with Gasteiger partial charge in [-0.2, -0.15) is 14.8 Å². The van der Waals surface area contributed by atoms with Crippen molar-refractivity contribution in [1.82, 2.24) is 4.31 Å². The Kier molecular flexibility index (Phi) is 4.66. The van der Waals surface area contributed by atoms with Crippen LogP contribution >= 0.6 is 0 Å². The van der Waals surface area contributed by atoms with Crippen molar-refractivity contribution in [3.8, 4) is 12.1 Å². The lowest BCUT2D eigenvalue weighted by atomic mass is 10.1. The van der Waals surface area contributed by atoms with E-state index in [1.165, 1.54) is 25.2 Å². The van der Waals surface area contributed by atoms with Crippen LogP contribution in [-0.4, -0.2) is 26.3 Å². The predicted molar refractivity (Wildman–Crippen MR) is 70.5 cm³/mol. The van der Waals surface area contributed by atoms with Crippen molar-refractivity contribution in [2.75, 3.05) is 13.6 Å². The first-order valence-electron chi connectivity index (χ1n) is 5.69. The number of nitrogens with zero attached hydrogens (tertiary/aromatic N) is 3. The Morgan fingerprint density at radius 2 is 2.00 bits per heavy atom. The Balaban J connectivity index is 3.12. The molecule has 0 saturated carbocycles. The van der Waals surface area contributed by atoms with E-state index in [0.717, 1.165) is 4.31 Å². The van der Waals surface area contributed by atoms with Crippen LogP contribution in [0.3, 0.4) is 0 Å². The van der Waals surface area contributed by atoms with E-state index in [2.05, 4.69) is 0 Å². The molecule has 1 aromatic rings. The lowest BCUT2D eigenvalue weighted by Crippen LogP contribution is -2.30. The Labute approximate surface area is 113 Å². The number of hydrogen-bond acceptors (Lipinski definition) is 4. The van der Waals surface area contributed by atoms with Crippen LogP contribution in [0.2, 0.25) is 0 Å². The van der Waals surface area contributed by atoms with Gasteiger partial charge in [0.15, 0.2) is 0 Å². The number of benzene rings is 1. The zero-order valence-corrected chi connectivity index (χ0v) is 11.9. The zero-order chi connectivity index (χ0) is 14.6. The fourth-order valence-corrected chi connectivity index (χ4v) is 2.97. The highest BCUT2D eigenvalue weighted by Gasteiger charge is 2.22. The molecule has 0 aliphatic heterocycles. The Morgan fingerprint density at radius 1 is 1.37 bits per heavy atom. The van der Waals surface area contributed by atoms with Crippen molar-refractivity contribution >= 4 is 10.0 Å². The zero-order valence-electron chi connectivity index (χ0n) is 11.1. The number of sulfonamides is 1. The minimum Gasteiger partial charge on any atom is -0.207 e. The first kappa shape index (κ1) is 15.2. The van der Waals surface area contributed by atoms with E-state index < -0.39 is 10.0 Å². The summed E-state index contributed by atoms with van der Waals surface area (Å²) in [6.07, 6.45) is 0. The minimum absolute atomic E-state index is 0.136. The molecule has 6 heteroatoms. The third kappa shape index (κ3) is 3.31. The van der Waals surface area contributed by atoms with Gasteiger partial charge in [0.25, 0.3) is 0 Å². The van der Waals surface area contributed by atoms with Crippen molar-refractivity contribution in [2.24, 2.45) is 5.92 Å². The molecule has 0 aliphatic rings. The molecular formula is C13H15N3O2S. The molecule has 1 aromatic carbocycles. The smallest absolute Gasteiger partial charge is 0.207 e. The van der Waals surface area contributed by atoms with Crippen LogP contribution in [0.4, 0.5) is 0 Å². The van der Waals surface area contributed by atoms with Gasteiger partial charge in [0.05, 0.1) is 28.5 Å². The van der Waals surface area contributed by atoms with Gasteiger partial charge in [-0.1, -0.05) is 0 Å². The van der Waals surface area contributed by atoms with Crippen LogP contribution in [0, 0.1) is 35.5 Å². The van der Waals surface area contributed by atoms with Gasteiger partial charge in [0.2, 0.25) is 10.0 Å². The molecule has 0 radical (unpaired) electrons. The van der Waals surface area contributed by atoms with Crippen LogP contribution in [-0.2, 0) is 10.0 Å². The van der Waals surface area contributed by atoms with Gasteiger partial charge >= 0.3 is 0 Å². The molecule has 0 saturated heterocycles. The largest absolute Gasteiger partial charge is 0.242 e. The van der Waals surface area contributed by atoms with Crippen LogP contribution in [0.5, 0.6) is 0 Å². The highest BCUT2D eigenvalue weighted by molar-refractivity contribution is 7.89. The fraction of sp³-hybridized carbons (Fsp3) is 0.385. The summed E-state index contributed by atoms with van der Waals surface area (Å²) in [5.41, 5.74) is 1.07. The third-order valence-electron chi connectivity index (χ3n) is 2.78. The second kappa shape index (κ2) is 5.83. The Hall–Kier alpha value is -1.89. The van der Waals surface area contributed by atoms with Gasteiger partial charge < -0.3 is 0 Å². The van der Waals surface area contributed by atoms with Crippen LogP contribution < -0.4 is 0 Å². The molecule has 0 N–H and O–H groups in total. The number of nitriles is 2. The summed E-state index contributed by atoms with van der Waals surface area (Å²) >= 11 is 0. The molecular weight excluding hydrogens is 262 g/mol. The lowest BCUT2D eigenvalue weighted by Gasteiger charge is -2.18. The molecule has 0 fully saturated rings.